The number of halogens is 3. The molecule has 1 spiro atoms. The van der Waals surface area contributed by atoms with Gasteiger partial charge in [0.25, 0.3) is 0 Å². The lowest BCUT2D eigenvalue weighted by molar-refractivity contribution is -0.192. The molecule has 1 amide bonds. The number of carboxylic acid groups (broad SMARTS) is 1. The number of carbonyl (C=O) groups excluding carboxylic acids is 1. The topological polar surface area (TPSA) is 91.6 Å². The Morgan fingerprint density at radius 2 is 2.03 bits per heavy atom. The first-order chi connectivity index (χ1) is 14.5. The molecule has 1 unspecified atom stereocenters. The molecule has 0 aliphatic carbocycles. The molecule has 170 valence electrons. The van der Waals surface area contributed by atoms with E-state index in [-0.39, 0.29) is 11.3 Å². The summed E-state index contributed by atoms with van der Waals surface area (Å²) in [5, 5.41) is 14.5. The van der Waals surface area contributed by atoms with Crippen molar-refractivity contribution in [2.75, 3.05) is 19.6 Å². The van der Waals surface area contributed by atoms with Crippen LogP contribution in [0.5, 0.6) is 0 Å². The van der Waals surface area contributed by atoms with Crippen LogP contribution in [0, 0.1) is 12.3 Å². The van der Waals surface area contributed by atoms with Gasteiger partial charge in [0.1, 0.15) is 0 Å². The number of hydrogen-bond donors (Lipinski definition) is 1. The van der Waals surface area contributed by atoms with Gasteiger partial charge in [-0.3, -0.25) is 14.4 Å². The fourth-order valence-corrected chi connectivity index (χ4v) is 4.65. The summed E-state index contributed by atoms with van der Waals surface area (Å²) in [7, 11) is 1.95. The van der Waals surface area contributed by atoms with Crippen LogP contribution in [-0.4, -0.2) is 67.4 Å². The normalized spacial score (nSPS) is 21.6. The highest BCUT2D eigenvalue weighted by Crippen LogP contribution is 2.41. The molecule has 8 nitrogen and oxygen atoms in total. The predicted molar refractivity (Wildman–Crippen MR) is 106 cm³/mol. The Bertz CT molecular complexity index is 944. The lowest BCUT2D eigenvalue weighted by Crippen LogP contribution is -2.31. The lowest BCUT2D eigenvalue weighted by Gasteiger charge is -2.24. The molecule has 0 radical (unpaired) electrons. The Morgan fingerprint density at radius 3 is 2.58 bits per heavy atom. The van der Waals surface area contributed by atoms with Crippen LogP contribution in [0.15, 0.2) is 17.8 Å². The first kappa shape index (κ1) is 23.2. The molecule has 2 fully saturated rings. The van der Waals surface area contributed by atoms with Crippen LogP contribution in [0.25, 0.3) is 0 Å². The molecule has 2 aromatic rings. The van der Waals surface area contributed by atoms with Crippen LogP contribution in [0.3, 0.4) is 0 Å². The smallest absolute Gasteiger partial charge is 0.475 e. The van der Waals surface area contributed by atoms with Crippen molar-refractivity contribution in [1.29, 1.82) is 0 Å². The van der Waals surface area contributed by atoms with Crippen LogP contribution in [0.4, 0.5) is 13.2 Å². The Morgan fingerprint density at radius 1 is 1.32 bits per heavy atom. The van der Waals surface area contributed by atoms with Crippen molar-refractivity contribution in [3.8, 4) is 0 Å². The number of amides is 1. The van der Waals surface area contributed by atoms with Gasteiger partial charge in [0.05, 0.1) is 23.4 Å². The van der Waals surface area contributed by atoms with Gasteiger partial charge >= 0.3 is 12.1 Å². The minimum absolute atomic E-state index is 0.129. The largest absolute Gasteiger partial charge is 0.490 e. The van der Waals surface area contributed by atoms with E-state index in [0.717, 1.165) is 43.3 Å². The van der Waals surface area contributed by atoms with Gasteiger partial charge in [-0.05, 0) is 19.9 Å². The molecule has 12 heteroatoms. The predicted octanol–water partition coefficient (Wildman–Crippen LogP) is 2.44. The monoisotopic (exact) mass is 459 g/mol. The van der Waals surface area contributed by atoms with E-state index in [1.807, 2.05) is 29.7 Å². The van der Waals surface area contributed by atoms with Gasteiger partial charge in [0.15, 0.2) is 0 Å². The van der Waals surface area contributed by atoms with E-state index in [0.29, 0.717) is 13.0 Å². The quantitative estimate of drug-likeness (QED) is 0.755. The Kier molecular flexibility index (Phi) is 6.70. The van der Waals surface area contributed by atoms with Gasteiger partial charge in [0.2, 0.25) is 5.91 Å². The van der Waals surface area contributed by atoms with Gasteiger partial charge in [-0.1, -0.05) is 0 Å². The fraction of sp³-hybridized carbons (Fsp3) is 0.579. The van der Waals surface area contributed by atoms with E-state index in [4.69, 9.17) is 9.90 Å². The SMILES string of the molecule is Cc1nc(CN2CC3(CCN(Cc4cnn(C)c4)C3)CC2=O)cs1.O=C(O)C(F)(F)F. The number of thiazole rings is 1. The Hall–Kier alpha value is -2.47. The summed E-state index contributed by atoms with van der Waals surface area (Å²) >= 11 is 1.65. The highest BCUT2D eigenvalue weighted by molar-refractivity contribution is 7.09. The average Bonchev–Trinajstić information content (AvgIpc) is 3.41. The summed E-state index contributed by atoms with van der Waals surface area (Å²) in [5.74, 6) is -2.48. The van der Waals surface area contributed by atoms with Crippen molar-refractivity contribution in [3.05, 3.63) is 34.0 Å². The second-order valence-electron chi connectivity index (χ2n) is 8.07. The van der Waals surface area contributed by atoms with Crippen molar-refractivity contribution < 1.29 is 27.9 Å². The van der Waals surface area contributed by atoms with E-state index >= 15 is 0 Å². The van der Waals surface area contributed by atoms with Crippen LogP contribution < -0.4 is 0 Å². The first-order valence-electron chi connectivity index (χ1n) is 9.65. The van der Waals surface area contributed by atoms with Gasteiger partial charge in [-0.25, -0.2) is 9.78 Å². The van der Waals surface area contributed by atoms with Crippen LogP contribution in [0.1, 0.15) is 29.1 Å². The fourth-order valence-electron chi connectivity index (χ4n) is 4.05. The van der Waals surface area contributed by atoms with E-state index in [1.165, 1.54) is 5.56 Å². The molecule has 0 saturated carbocycles. The number of likely N-dealkylation sites (tertiary alicyclic amines) is 2. The maximum absolute atomic E-state index is 12.5. The molecule has 4 heterocycles. The summed E-state index contributed by atoms with van der Waals surface area (Å²) in [6.07, 6.45) is 0.703. The molecule has 4 rings (SSSR count). The summed E-state index contributed by atoms with van der Waals surface area (Å²) in [6.45, 7) is 6.52. The first-order valence-corrected chi connectivity index (χ1v) is 10.5. The van der Waals surface area contributed by atoms with Crippen molar-refractivity contribution >= 4 is 23.2 Å². The number of rotatable bonds is 4. The zero-order valence-corrected chi connectivity index (χ0v) is 18.0. The highest BCUT2D eigenvalue weighted by atomic mass is 32.1. The van der Waals surface area contributed by atoms with E-state index in [9.17, 15) is 18.0 Å². The third-order valence-corrected chi connectivity index (χ3v) is 6.17. The maximum Gasteiger partial charge on any atom is 0.490 e. The molecule has 1 N–H and O–H groups in total. The molecule has 2 aliphatic heterocycles. The second kappa shape index (κ2) is 8.95. The van der Waals surface area contributed by atoms with Gasteiger partial charge < -0.3 is 10.0 Å². The molecular formula is C19H24F3N5O3S. The third kappa shape index (κ3) is 6.03. The third-order valence-electron chi connectivity index (χ3n) is 5.35. The molecule has 31 heavy (non-hydrogen) atoms. The van der Waals surface area contributed by atoms with Crippen LogP contribution >= 0.6 is 11.3 Å². The minimum Gasteiger partial charge on any atom is -0.475 e. The van der Waals surface area contributed by atoms with Crippen molar-refractivity contribution in [3.63, 3.8) is 0 Å². The number of carboxylic acids is 1. The average molecular weight is 459 g/mol. The van der Waals surface area contributed by atoms with E-state index < -0.39 is 12.1 Å². The number of aryl methyl sites for hydroxylation is 2. The van der Waals surface area contributed by atoms with E-state index in [1.54, 1.807) is 11.3 Å². The van der Waals surface area contributed by atoms with Gasteiger partial charge in [0, 0.05) is 55.7 Å². The zero-order chi connectivity index (χ0) is 22.8. The van der Waals surface area contributed by atoms with Crippen LogP contribution in [0.2, 0.25) is 0 Å². The Labute approximate surface area is 181 Å². The summed E-state index contributed by atoms with van der Waals surface area (Å²) in [6, 6.07) is 0. The lowest BCUT2D eigenvalue weighted by atomic mass is 9.86. The standard InChI is InChI=1S/C17H23N5OS.C2HF3O2/c1-13-19-15(10-24-13)9-22-12-17(5-16(22)23)3-4-21(11-17)8-14-6-18-20(2)7-14;3-2(4,5)1(6)7/h6-7,10H,3-5,8-9,11-12H2,1-2H3;(H,6,7). The molecule has 0 aromatic carbocycles. The van der Waals surface area contributed by atoms with E-state index in [2.05, 4.69) is 26.6 Å². The van der Waals surface area contributed by atoms with Gasteiger partial charge in [-0.15, -0.1) is 11.3 Å². The molecule has 1 atom stereocenters. The minimum atomic E-state index is -5.08. The number of carbonyl (C=O) groups is 2. The Balaban J connectivity index is 0.000000339. The second-order valence-corrected chi connectivity index (χ2v) is 9.13. The van der Waals surface area contributed by atoms with Gasteiger partial charge in [-0.2, -0.15) is 18.3 Å². The summed E-state index contributed by atoms with van der Waals surface area (Å²) in [5.41, 5.74) is 2.39. The number of aliphatic carboxylic acids is 1. The summed E-state index contributed by atoms with van der Waals surface area (Å²) < 4.78 is 33.6. The van der Waals surface area contributed by atoms with Crippen molar-refractivity contribution in [1.82, 2.24) is 24.6 Å². The number of hydrogen-bond acceptors (Lipinski definition) is 6. The maximum atomic E-state index is 12.5. The van der Waals surface area contributed by atoms with Crippen LogP contribution in [-0.2, 0) is 29.7 Å². The molecule has 0 bridgehead atoms. The number of alkyl halides is 3. The molecular weight excluding hydrogens is 435 g/mol. The highest BCUT2D eigenvalue weighted by Gasteiger charge is 2.47. The van der Waals surface area contributed by atoms with Crippen molar-refractivity contribution in [2.45, 2.75) is 39.0 Å². The summed E-state index contributed by atoms with van der Waals surface area (Å²) in [4.78, 5) is 30.3. The number of nitrogens with zero attached hydrogens (tertiary/aromatic N) is 5. The van der Waals surface area contributed by atoms with Crippen molar-refractivity contribution in [2.24, 2.45) is 12.5 Å². The zero-order valence-electron chi connectivity index (χ0n) is 17.2. The molecule has 2 aliphatic rings. The number of aromatic nitrogens is 3. The molecule has 2 saturated heterocycles. The molecule has 2 aromatic heterocycles.